The molecule has 0 saturated heterocycles. The summed E-state index contributed by atoms with van der Waals surface area (Å²) < 4.78 is 10.6. The van der Waals surface area contributed by atoms with E-state index < -0.39 is 5.60 Å². The number of alkyl carbamates (subject to hydrolysis) is 1. The van der Waals surface area contributed by atoms with Gasteiger partial charge in [0.2, 0.25) is 0 Å². The Morgan fingerprint density at radius 1 is 1.17 bits per heavy atom. The topological polar surface area (TPSA) is 59.6 Å². The molecule has 1 rings (SSSR count). The molecule has 0 heterocycles. The van der Waals surface area contributed by atoms with E-state index in [1.165, 1.54) is 5.56 Å². The van der Waals surface area contributed by atoms with Crippen molar-refractivity contribution in [1.29, 1.82) is 0 Å². The molecule has 23 heavy (non-hydrogen) atoms. The summed E-state index contributed by atoms with van der Waals surface area (Å²) in [6.45, 7) is 10.3. The van der Waals surface area contributed by atoms with Crippen LogP contribution in [0, 0.1) is 0 Å². The number of rotatable bonds is 7. The minimum absolute atomic E-state index is 0.00929. The van der Waals surface area contributed by atoms with Gasteiger partial charge >= 0.3 is 6.09 Å². The molecule has 0 aliphatic rings. The highest BCUT2D eigenvalue weighted by atomic mass is 16.6. The molecular weight excluding hydrogens is 292 g/mol. The molecule has 0 radical (unpaired) electrons. The third kappa shape index (κ3) is 7.88. The molecule has 0 aliphatic carbocycles. The lowest BCUT2D eigenvalue weighted by Crippen LogP contribution is -2.44. The third-order valence-electron chi connectivity index (χ3n) is 3.25. The maximum Gasteiger partial charge on any atom is 0.407 e. The van der Waals surface area contributed by atoms with Gasteiger partial charge in [-0.25, -0.2) is 4.79 Å². The van der Waals surface area contributed by atoms with E-state index in [1.54, 1.807) is 7.11 Å². The highest BCUT2D eigenvalue weighted by molar-refractivity contribution is 5.68. The quantitative estimate of drug-likeness (QED) is 0.810. The highest BCUT2D eigenvalue weighted by Crippen LogP contribution is 2.18. The van der Waals surface area contributed by atoms with Crippen molar-refractivity contribution in [2.75, 3.05) is 13.7 Å². The maximum atomic E-state index is 11.7. The van der Waals surface area contributed by atoms with Crippen LogP contribution in [0.15, 0.2) is 24.3 Å². The largest absolute Gasteiger partial charge is 0.496 e. The van der Waals surface area contributed by atoms with E-state index in [1.807, 2.05) is 45.9 Å². The molecule has 1 amide bonds. The summed E-state index contributed by atoms with van der Waals surface area (Å²) in [5, 5.41) is 6.25. The molecule has 0 bridgehead atoms. The Morgan fingerprint density at radius 2 is 1.83 bits per heavy atom. The lowest BCUT2D eigenvalue weighted by atomic mass is 10.1. The van der Waals surface area contributed by atoms with Crippen LogP contribution in [0.5, 0.6) is 5.75 Å². The van der Waals surface area contributed by atoms with Crippen molar-refractivity contribution >= 4 is 6.09 Å². The molecule has 0 saturated carbocycles. The summed E-state index contributed by atoms with van der Waals surface area (Å²) in [6.07, 6.45) is 0.479. The van der Waals surface area contributed by atoms with Crippen molar-refractivity contribution in [2.24, 2.45) is 0 Å². The second kappa shape index (κ2) is 8.77. The molecule has 130 valence electrons. The van der Waals surface area contributed by atoms with E-state index in [9.17, 15) is 4.79 Å². The van der Waals surface area contributed by atoms with Gasteiger partial charge in [0.1, 0.15) is 11.4 Å². The second-order valence-electron chi connectivity index (χ2n) is 6.87. The van der Waals surface area contributed by atoms with Crippen LogP contribution in [0.25, 0.3) is 0 Å². The number of amides is 1. The van der Waals surface area contributed by atoms with Crippen LogP contribution in [0.3, 0.4) is 0 Å². The Morgan fingerprint density at radius 3 is 2.43 bits per heavy atom. The summed E-state index contributed by atoms with van der Waals surface area (Å²) in [5.74, 6) is 0.904. The van der Waals surface area contributed by atoms with Crippen LogP contribution in [0.4, 0.5) is 4.79 Å². The smallest absolute Gasteiger partial charge is 0.407 e. The molecule has 2 unspecified atom stereocenters. The van der Waals surface area contributed by atoms with E-state index in [0.717, 1.165) is 12.2 Å². The Hall–Kier alpha value is -1.75. The molecule has 0 aromatic heterocycles. The third-order valence-corrected chi connectivity index (χ3v) is 3.25. The first kappa shape index (κ1) is 19.3. The van der Waals surface area contributed by atoms with Gasteiger partial charge in [0.25, 0.3) is 0 Å². The van der Waals surface area contributed by atoms with Crippen LogP contribution < -0.4 is 15.4 Å². The van der Waals surface area contributed by atoms with Crippen molar-refractivity contribution in [3.05, 3.63) is 29.8 Å². The summed E-state index contributed by atoms with van der Waals surface area (Å²) >= 11 is 0. The Labute approximate surface area is 139 Å². The van der Waals surface area contributed by atoms with Gasteiger partial charge in [-0.3, -0.25) is 0 Å². The van der Waals surface area contributed by atoms with Crippen LogP contribution in [0.1, 0.15) is 40.2 Å². The normalized spacial score (nSPS) is 14.0. The van der Waals surface area contributed by atoms with Crippen molar-refractivity contribution < 1.29 is 14.3 Å². The molecule has 0 spiro atoms. The molecular formula is C18H30N2O3. The van der Waals surface area contributed by atoms with Gasteiger partial charge in [-0.1, -0.05) is 18.2 Å². The fraction of sp³-hybridized carbons (Fsp3) is 0.611. The highest BCUT2D eigenvalue weighted by Gasteiger charge is 2.18. The van der Waals surface area contributed by atoms with Crippen molar-refractivity contribution in [1.82, 2.24) is 10.6 Å². The van der Waals surface area contributed by atoms with Gasteiger partial charge in [-0.15, -0.1) is 0 Å². The van der Waals surface area contributed by atoms with Crippen LogP contribution in [-0.4, -0.2) is 37.4 Å². The van der Waals surface area contributed by atoms with E-state index in [2.05, 4.69) is 23.6 Å². The van der Waals surface area contributed by atoms with E-state index >= 15 is 0 Å². The minimum atomic E-state index is -0.478. The zero-order valence-corrected chi connectivity index (χ0v) is 15.1. The molecule has 0 fully saturated rings. The number of benzene rings is 1. The minimum Gasteiger partial charge on any atom is -0.496 e. The number of carbonyl (C=O) groups excluding carboxylic acids is 1. The van der Waals surface area contributed by atoms with Gasteiger partial charge in [0.15, 0.2) is 0 Å². The van der Waals surface area contributed by atoms with E-state index in [-0.39, 0.29) is 18.2 Å². The fourth-order valence-corrected chi connectivity index (χ4v) is 2.21. The van der Waals surface area contributed by atoms with Crippen molar-refractivity contribution in [2.45, 2.75) is 58.7 Å². The number of nitrogens with one attached hydrogen (secondary N) is 2. The zero-order valence-electron chi connectivity index (χ0n) is 15.1. The summed E-state index contributed by atoms with van der Waals surface area (Å²) in [6, 6.07) is 8.28. The zero-order chi connectivity index (χ0) is 17.5. The number of hydrogen-bond acceptors (Lipinski definition) is 4. The van der Waals surface area contributed by atoms with E-state index in [4.69, 9.17) is 9.47 Å². The van der Waals surface area contributed by atoms with Gasteiger partial charge < -0.3 is 20.1 Å². The first-order valence-corrected chi connectivity index (χ1v) is 8.06. The van der Waals surface area contributed by atoms with Crippen molar-refractivity contribution in [3.8, 4) is 5.75 Å². The summed E-state index contributed by atoms with van der Waals surface area (Å²) in [7, 11) is 1.68. The standard InChI is InChI=1S/C18H30N2O3/c1-13(11-15-9-7-8-10-16(15)22-6)19-12-14(2)20-17(21)23-18(3,4)5/h7-10,13-14,19H,11-12H2,1-6H3,(H,20,21). The molecule has 1 aromatic carbocycles. The van der Waals surface area contributed by atoms with Gasteiger partial charge in [0.05, 0.1) is 7.11 Å². The summed E-state index contributed by atoms with van der Waals surface area (Å²) in [5.41, 5.74) is 0.691. The SMILES string of the molecule is COc1ccccc1CC(C)NCC(C)NC(=O)OC(C)(C)C. The average molecular weight is 322 g/mol. The maximum absolute atomic E-state index is 11.7. The molecule has 2 N–H and O–H groups in total. The average Bonchev–Trinajstić information content (AvgIpc) is 2.43. The molecule has 5 nitrogen and oxygen atoms in total. The van der Waals surface area contributed by atoms with Crippen LogP contribution in [0.2, 0.25) is 0 Å². The molecule has 0 aliphatic heterocycles. The number of hydrogen-bond donors (Lipinski definition) is 2. The lowest BCUT2D eigenvalue weighted by Gasteiger charge is -2.23. The Kier molecular flexibility index (Phi) is 7.36. The predicted molar refractivity (Wildman–Crippen MR) is 93.0 cm³/mol. The second-order valence-corrected chi connectivity index (χ2v) is 6.87. The number of ether oxygens (including phenoxy) is 2. The predicted octanol–water partition coefficient (Wildman–Crippen LogP) is 3.13. The number of carbonyl (C=O) groups is 1. The fourth-order valence-electron chi connectivity index (χ4n) is 2.21. The monoisotopic (exact) mass is 322 g/mol. The van der Waals surface area contributed by atoms with Crippen LogP contribution >= 0.6 is 0 Å². The number of methoxy groups -OCH3 is 1. The van der Waals surface area contributed by atoms with Crippen LogP contribution in [-0.2, 0) is 11.2 Å². The molecule has 2 atom stereocenters. The van der Waals surface area contributed by atoms with Crippen molar-refractivity contribution in [3.63, 3.8) is 0 Å². The first-order valence-electron chi connectivity index (χ1n) is 8.06. The lowest BCUT2D eigenvalue weighted by molar-refractivity contribution is 0.0507. The summed E-state index contributed by atoms with van der Waals surface area (Å²) in [4.78, 5) is 11.7. The van der Waals surface area contributed by atoms with E-state index in [0.29, 0.717) is 6.54 Å². The Balaban J connectivity index is 2.38. The number of para-hydroxylation sites is 1. The van der Waals surface area contributed by atoms with Gasteiger partial charge in [-0.2, -0.15) is 0 Å². The Bertz CT molecular complexity index is 497. The molecule has 1 aromatic rings. The molecule has 5 heteroatoms. The van der Waals surface area contributed by atoms with Gasteiger partial charge in [0, 0.05) is 18.6 Å². The first-order chi connectivity index (χ1) is 10.7. The van der Waals surface area contributed by atoms with Gasteiger partial charge in [-0.05, 0) is 52.7 Å².